The van der Waals surface area contributed by atoms with E-state index in [9.17, 15) is 4.39 Å². The van der Waals surface area contributed by atoms with Crippen molar-refractivity contribution in [3.63, 3.8) is 0 Å². The van der Waals surface area contributed by atoms with Gasteiger partial charge in [0.15, 0.2) is 0 Å². The molecule has 0 aliphatic rings. The molecule has 2 aromatic heterocycles. The summed E-state index contributed by atoms with van der Waals surface area (Å²) in [5.41, 5.74) is 0.871. The highest BCUT2D eigenvalue weighted by Gasteiger charge is 2.04. The predicted molar refractivity (Wildman–Crippen MR) is 57.0 cm³/mol. The van der Waals surface area contributed by atoms with E-state index in [0.717, 1.165) is 16.3 Å². The van der Waals surface area contributed by atoms with Gasteiger partial charge in [-0.3, -0.25) is 4.98 Å². The molecule has 2 nitrogen and oxygen atoms in total. The molecule has 0 fully saturated rings. The molecule has 0 aliphatic heterocycles. The van der Waals surface area contributed by atoms with Gasteiger partial charge in [-0.2, -0.15) is 4.39 Å². The zero-order valence-electron chi connectivity index (χ0n) is 7.81. The number of pyridine rings is 2. The van der Waals surface area contributed by atoms with Crippen LogP contribution in [0.1, 0.15) is 0 Å². The largest absolute Gasteiger partial charge is 0.255 e. The van der Waals surface area contributed by atoms with Crippen LogP contribution in [0.25, 0.3) is 21.7 Å². The molecule has 0 radical (unpaired) electrons. The lowest BCUT2D eigenvalue weighted by Gasteiger charge is -2.02. The minimum Gasteiger partial charge on any atom is -0.255 e. The van der Waals surface area contributed by atoms with Crippen molar-refractivity contribution < 1.29 is 4.39 Å². The van der Waals surface area contributed by atoms with Crippen LogP contribution in [0.3, 0.4) is 0 Å². The van der Waals surface area contributed by atoms with Crippen molar-refractivity contribution in [1.82, 2.24) is 9.97 Å². The van der Waals surface area contributed by atoms with E-state index in [0.29, 0.717) is 5.39 Å². The summed E-state index contributed by atoms with van der Waals surface area (Å²) in [6.45, 7) is 0. The lowest BCUT2D eigenvalue weighted by atomic mass is 10.1. The quantitative estimate of drug-likeness (QED) is 0.410. The lowest BCUT2D eigenvalue weighted by molar-refractivity contribution is 0.596. The molecule has 0 bridgehead atoms. The minimum absolute atomic E-state index is 0.467. The lowest BCUT2D eigenvalue weighted by Crippen LogP contribution is -1.87. The van der Waals surface area contributed by atoms with Gasteiger partial charge in [-0.1, -0.05) is 18.2 Å². The second-order valence-electron chi connectivity index (χ2n) is 3.34. The molecule has 0 saturated heterocycles. The molecule has 0 unspecified atom stereocenters. The molecule has 15 heavy (non-hydrogen) atoms. The van der Waals surface area contributed by atoms with E-state index in [-0.39, 0.29) is 0 Å². The first-order valence-electron chi connectivity index (χ1n) is 4.64. The van der Waals surface area contributed by atoms with E-state index in [1.165, 1.54) is 12.4 Å². The van der Waals surface area contributed by atoms with Crippen LogP contribution in [0.2, 0.25) is 0 Å². The van der Waals surface area contributed by atoms with Crippen molar-refractivity contribution in [3.8, 4) is 0 Å². The van der Waals surface area contributed by atoms with Crippen LogP contribution in [0.15, 0.2) is 42.7 Å². The Morgan fingerprint density at radius 2 is 1.73 bits per heavy atom. The maximum atomic E-state index is 13.4. The Hall–Kier alpha value is -2.03. The molecule has 3 aromatic rings. The Bertz CT molecular complexity index is 649. The summed E-state index contributed by atoms with van der Waals surface area (Å²) < 4.78 is 13.4. The van der Waals surface area contributed by atoms with Gasteiger partial charge in [0.25, 0.3) is 0 Å². The number of aromatic nitrogens is 2. The van der Waals surface area contributed by atoms with Crippen LogP contribution in [0.5, 0.6) is 0 Å². The second kappa shape index (κ2) is 2.98. The third kappa shape index (κ3) is 1.16. The molecule has 0 amide bonds. The van der Waals surface area contributed by atoms with Gasteiger partial charge in [0, 0.05) is 17.8 Å². The van der Waals surface area contributed by atoms with Gasteiger partial charge >= 0.3 is 0 Å². The molecular formula is C12H7FN2. The van der Waals surface area contributed by atoms with E-state index in [1.54, 1.807) is 0 Å². The SMILES string of the molecule is Fc1nccc2c1cnc1ccccc12. The fraction of sp³-hybridized carbons (Fsp3) is 0. The summed E-state index contributed by atoms with van der Waals surface area (Å²) in [4.78, 5) is 7.80. The maximum absolute atomic E-state index is 13.4. The van der Waals surface area contributed by atoms with E-state index in [4.69, 9.17) is 0 Å². The summed E-state index contributed by atoms with van der Waals surface area (Å²) in [5, 5.41) is 2.28. The smallest absolute Gasteiger partial charge is 0.222 e. The Morgan fingerprint density at radius 1 is 0.867 bits per heavy atom. The van der Waals surface area contributed by atoms with Crippen molar-refractivity contribution in [2.24, 2.45) is 0 Å². The molecule has 3 rings (SSSR count). The van der Waals surface area contributed by atoms with Gasteiger partial charge in [0.1, 0.15) is 0 Å². The second-order valence-corrected chi connectivity index (χ2v) is 3.34. The summed E-state index contributed by atoms with van der Waals surface area (Å²) >= 11 is 0. The Labute approximate surface area is 85.4 Å². The fourth-order valence-corrected chi connectivity index (χ4v) is 1.75. The summed E-state index contributed by atoms with van der Waals surface area (Å²) in [6.07, 6.45) is 3.00. The van der Waals surface area contributed by atoms with E-state index >= 15 is 0 Å². The van der Waals surface area contributed by atoms with Gasteiger partial charge in [-0.15, -0.1) is 0 Å². The van der Waals surface area contributed by atoms with Crippen LogP contribution in [0, 0.1) is 5.95 Å². The van der Waals surface area contributed by atoms with Crippen LogP contribution < -0.4 is 0 Å². The fourth-order valence-electron chi connectivity index (χ4n) is 1.75. The monoisotopic (exact) mass is 198 g/mol. The number of nitrogens with zero attached hydrogens (tertiary/aromatic N) is 2. The standard InChI is InChI=1S/C12H7FN2/c13-12-10-7-15-11-4-2-1-3-9(11)8(10)5-6-14-12/h1-7H. The summed E-state index contributed by atoms with van der Waals surface area (Å²) in [6, 6.07) is 9.49. The molecule has 0 N–H and O–H groups in total. The summed E-state index contributed by atoms with van der Waals surface area (Å²) in [5.74, 6) is -0.467. The average Bonchev–Trinajstić information content (AvgIpc) is 2.29. The number of hydrogen-bond donors (Lipinski definition) is 0. The number of rotatable bonds is 0. The topological polar surface area (TPSA) is 25.8 Å². The van der Waals surface area contributed by atoms with Gasteiger partial charge in [0.05, 0.1) is 10.9 Å². The number of benzene rings is 1. The van der Waals surface area contributed by atoms with E-state index < -0.39 is 5.95 Å². The zero-order valence-corrected chi connectivity index (χ0v) is 7.81. The Kier molecular flexibility index (Phi) is 1.65. The molecular weight excluding hydrogens is 191 g/mol. The van der Waals surface area contributed by atoms with Gasteiger partial charge in [-0.05, 0) is 17.5 Å². The first-order chi connectivity index (χ1) is 7.36. The average molecular weight is 198 g/mol. The third-order valence-electron chi connectivity index (χ3n) is 2.47. The highest BCUT2D eigenvalue weighted by molar-refractivity contribution is 6.04. The molecule has 0 atom stereocenters. The van der Waals surface area contributed by atoms with Gasteiger partial charge < -0.3 is 0 Å². The molecule has 72 valence electrons. The first-order valence-corrected chi connectivity index (χ1v) is 4.64. The molecule has 0 saturated carbocycles. The molecule has 3 heteroatoms. The Morgan fingerprint density at radius 3 is 2.67 bits per heavy atom. The van der Waals surface area contributed by atoms with Crippen molar-refractivity contribution in [2.45, 2.75) is 0 Å². The highest BCUT2D eigenvalue weighted by Crippen LogP contribution is 2.23. The van der Waals surface area contributed by atoms with Crippen molar-refractivity contribution in [2.75, 3.05) is 0 Å². The molecule has 0 spiro atoms. The Balaban J connectivity index is 2.60. The molecule has 1 aromatic carbocycles. The van der Waals surface area contributed by atoms with Crippen LogP contribution in [-0.2, 0) is 0 Å². The van der Waals surface area contributed by atoms with Crippen LogP contribution in [0.4, 0.5) is 4.39 Å². The zero-order chi connectivity index (χ0) is 10.3. The number of para-hydroxylation sites is 1. The number of fused-ring (bicyclic) bond motifs is 3. The van der Waals surface area contributed by atoms with Crippen LogP contribution in [-0.4, -0.2) is 9.97 Å². The number of halogens is 1. The summed E-state index contributed by atoms with van der Waals surface area (Å²) in [7, 11) is 0. The third-order valence-corrected chi connectivity index (χ3v) is 2.47. The van der Waals surface area contributed by atoms with E-state index in [2.05, 4.69) is 9.97 Å². The van der Waals surface area contributed by atoms with Crippen molar-refractivity contribution in [3.05, 3.63) is 48.7 Å². The molecule has 2 heterocycles. The first kappa shape index (κ1) is 8.29. The van der Waals surface area contributed by atoms with Crippen molar-refractivity contribution in [1.29, 1.82) is 0 Å². The van der Waals surface area contributed by atoms with Gasteiger partial charge in [-0.25, -0.2) is 4.98 Å². The highest BCUT2D eigenvalue weighted by atomic mass is 19.1. The normalized spacial score (nSPS) is 11.0. The van der Waals surface area contributed by atoms with Crippen LogP contribution >= 0.6 is 0 Å². The van der Waals surface area contributed by atoms with Gasteiger partial charge in [0.2, 0.25) is 5.95 Å². The molecule has 0 aliphatic carbocycles. The van der Waals surface area contributed by atoms with E-state index in [1.807, 2.05) is 30.3 Å². The number of hydrogen-bond acceptors (Lipinski definition) is 2. The predicted octanol–water partition coefficient (Wildman–Crippen LogP) is 2.92. The van der Waals surface area contributed by atoms with Crippen molar-refractivity contribution >= 4 is 21.7 Å². The minimum atomic E-state index is -0.467. The maximum Gasteiger partial charge on any atom is 0.222 e.